The summed E-state index contributed by atoms with van der Waals surface area (Å²) in [6.07, 6.45) is 6.27. The summed E-state index contributed by atoms with van der Waals surface area (Å²) >= 11 is 0. The van der Waals surface area contributed by atoms with Gasteiger partial charge in [0.2, 0.25) is 0 Å². The highest BCUT2D eigenvalue weighted by atomic mass is 16.4. The largest absolute Gasteiger partial charge is 0.480 e. The Bertz CT molecular complexity index is 298. The van der Waals surface area contributed by atoms with E-state index in [1.807, 2.05) is 0 Å². The topological polar surface area (TPSA) is 52.6 Å². The Morgan fingerprint density at radius 1 is 1.33 bits per heavy atom. The van der Waals surface area contributed by atoms with Gasteiger partial charge < -0.3 is 10.4 Å². The van der Waals surface area contributed by atoms with E-state index in [0.29, 0.717) is 6.04 Å². The van der Waals surface area contributed by atoms with Crippen LogP contribution in [-0.2, 0) is 4.79 Å². The molecule has 2 atom stereocenters. The highest BCUT2D eigenvalue weighted by molar-refractivity contribution is 5.80. The highest BCUT2D eigenvalue weighted by Crippen LogP contribution is 2.33. The van der Waals surface area contributed by atoms with Crippen LogP contribution < -0.4 is 5.32 Å². The van der Waals surface area contributed by atoms with E-state index in [-0.39, 0.29) is 6.04 Å². The molecule has 2 N–H and O–H groups in total. The van der Waals surface area contributed by atoms with Gasteiger partial charge in [0, 0.05) is 12.1 Å². The first-order chi connectivity index (χ1) is 8.58. The number of carbonyl (C=O) groups is 1. The second-order valence-electron chi connectivity index (χ2n) is 6.00. The molecule has 0 bridgehead atoms. The highest BCUT2D eigenvalue weighted by Gasteiger charge is 2.49. The van der Waals surface area contributed by atoms with Crippen LogP contribution in [0.15, 0.2) is 0 Å². The number of carboxylic acid groups (broad SMARTS) is 1. The number of rotatable bonds is 3. The minimum Gasteiger partial charge on any atom is -0.480 e. The van der Waals surface area contributed by atoms with Crippen molar-refractivity contribution in [2.75, 3.05) is 13.1 Å². The third-order valence-corrected chi connectivity index (χ3v) is 4.60. The summed E-state index contributed by atoms with van der Waals surface area (Å²) in [6.45, 7) is 6.24. The molecule has 2 rings (SSSR count). The molecule has 0 aromatic rings. The second-order valence-corrected chi connectivity index (χ2v) is 6.00. The van der Waals surface area contributed by atoms with Crippen LogP contribution in [0.4, 0.5) is 0 Å². The SMILES string of the molecule is CC(C)N1CCCCC1C1(C(=O)O)CCCCN1. The smallest absolute Gasteiger partial charge is 0.325 e. The van der Waals surface area contributed by atoms with E-state index in [2.05, 4.69) is 24.1 Å². The van der Waals surface area contributed by atoms with E-state index in [9.17, 15) is 9.90 Å². The van der Waals surface area contributed by atoms with Crippen LogP contribution in [0.3, 0.4) is 0 Å². The molecule has 2 saturated heterocycles. The predicted octanol–water partition coefficient (Wildman–Crippen LogP) is 1.85. The van der Waals surface area contributed by atoms with Crippen LogP contribution in [0.1, 0.15) is 52.4 Å². The summed E-state index contributed by atoms with van der Waals surface area (Å²) in [7, 11) is 0. The summed E-state index contributed by atoms with van der Waals surface area (Å²) in [5, 5.41) is 13.1. The van der Waals surface area contributed by atoms with Crippen LogP contribution in [0, 0.1) is 0 Å². The molecular formula is C14H26N2O2. The molecule has 0 radical (unpaired) electrons. The molecule has 104 valence electrons. The van der Waals surface area contributed by atoms with Gasteiger partial charge in [-0.3, -0.25) is 9.69 Å². The number of nitrogens with one attached hydrogen (secondary N) is 1. The fraction of sp³-hybridized carbons (Fsp3) is 0.929. The lowest BCUT2D eigenvalue weighted by molar-refractivity contribution is -0.151. The third kappa shape index (κ3) is 2.41. The zero-order chi connectivity index (χ0) is 13.2. The number of aliphatic carboxylic acids is 1. The van der Waals surface area contributed by atoms with Crippen molar-refractivity contribution in [3.63, 3.8) is 0 Å². The van der Waals surface area contributed by atoms with E-state index in [1.165, 1.54) is 6.42 Å². The van der Waals surface area contributed by atoms with Crippen molar-refractivity contribution < 1.29 is 9.90 Å². The van der Waals surface area contributed by atoms with Gasteiger partial charge in [0.1, 0.15) is 5.54 Å². The van der Waals surface area contributed by atoms with Gasteiger partial charge in [-0.15, -0.1) is 0 Å². The second kappa shape index (κ2) is 5.57. The number of piperidine rings is 2. The minimum absolute atomic E-state index is 0.157. The van der Waals surface area contributed by atoms with Gasteiger partial charge in [-0.25, -0.2) is 0 Å². The van der Waals surface area contributed by atoms with Crippen molar-refractivity contribution in [2.24, 2.45) is 0 Å². The van der Waals surface area contributed by atoms with Crippen LogP contribution in [0.5, 0.6) is 0 Å². The molecular weight excluding hydrogens is 228 g/mol. The van der Waals surface area contributed by atoms with Crippen LogP contribution in [0.2, 0.25) is 0 Å². The summed E-state index contributed by atoms with van der Waals surface area (Å²) in [5.41, 5.74) is -0.705. The number of hydrogen-bond donors (Lipinski definition) is 2. The van der Waals surface area contributed by atoms with Gasteiger partial charge in [-0.05, 0) is 59.0 Å². The van der Waals surface area contributed by atoms with Crippen LogP contribution >= 0.6 is 0 Å². The summed E-state index contributed by atoms with van der Waals surface area (Å²) in [6, 6.07) is 0.583. The maximum Gasteiger partial charge on any atom is 0.325 e. The van der Waals surface area contributed by atoms with Crippen molar-refractivity contribution in [3.05, 3.63) is 0 Å². The van der Waals surface area contributed by atoms with E-state index in [1.54, 1.807) is 0 Å². The van der Waals surface area contributed by atoms with Crippen molar-refractivity contribution in [3.8, 4) is 0 Å². The van der Waals surface area contributed by atoms with E-state index in [4.69, 9.17) is 0 Å². The van der Waals surface area contributed by atoms with Gasteiger partial charge in [0.15, 0.2) is 0 Å². The maximum atomic E-state index is 11.9. The van der Waals surface area contributed by atoms with Gasteiger partial charge in [0.25, 0.3) is 0 Å². The van der Waals surface area contributed by atoms with Crippen molar-refractivity contribution >= 4 is 5.97 Å². The van der Waals surface area contributed by atoms with E-state index >= 15 is 0 Å². The molecule has 2 aliphatic heterocycles. The fourth-order valence-corrected chi connectivity index (χ4v) is 3.64. The van der Waals surface area contributed by atoms with E-state index < -0.39 is 11.5 Å². The number of hydrogen-bond acceptors (Lipinski definition) is 3. The molecule has 4 heteroatoms. The number of likely N-dealkylation sites (tertiary alicyclic amines) is 1. The number of carboxylic acids is 1. The molecule has 0 aromatic carbocycles. The Hall–Kier alpha value is -0.610. The Kier molecular flexibility index (Phi) is 4.28. The average Bonchev–Trinajstić information content (AvgIpc) is 2.39. The van der Waals surface area contributed by atoms with Crippen molar-refractivity contribution in [2.45, 2.75) is 70.0 Å². The summed E-state index contributed by atoms with van der Waals surface area (Å²) in [4.78, 5) is 14.3. The van der Waals surface area contributed by atoms with Crippen molar-refractivity contribution in [1.29, 1.82) is 0 Å². The third-order valence-electron chi connectivity index (χ3n) is 4.60. The van der Waals surface area contributed by atoms with E-state index in [0.717, 1.165) is 45.2 Å². The molecule has 0 saturated carbocycles. The molecule has 4 nitrogen and oxygen atoms in total. The molecule has 18 heavy (non-hydrogen) atoms. The Balaban J connectivity index is 2.25. The monoisotopic (exact) mass is 254 g/mol. The van der Waals surface area contributed by atoms with Crippen molar-refractivity contribution in [1.82, 2.24) is 10.2 Å². The van der Waals surface area contributed by atoms with Gasteiger partial charge in [0.05, 0.1) is 0 Å². The van der Waals surface area contributed by atoms with Gasteiger partial charge in [-0.2, -0.15) is 0 Å². The van der Waals surface area contributed by atoms with Gasteiger partial charge in [-0.1, -0.05) is 6.42 Å². The minimum atomic E-state index is -0.705. The molecule has 2 aliphatic rings. The van der Waals surface area contributed by atoms with Gasteiger partial charge >= 0.3 is 5.97 Å². The molecule has 2 heterocycles. The van der Waals surface area contributed by atoms with Crippen LogP contribution in [0.25, 0.3) is 0 Å². The Morgan fingerprint density at radius 3 is 2.67 bits per heavy atom. The average molecular weight is 254 g/mol. The Morgan fingerprint density at radius 2 is 2.11 bits per heavy atom. The first kappa shape index (κ1) is 13.8. The summed E-state index contributed by atoms with van der Waals surface area (Å²) in [5.74, 6) is -0.653. The zero-order valence-electron chi connectivity index (χ0n) is 11.6. The summed E-state index contributed by atoms with van der Waals surface area (Å²) < 4.78 is 0. The lowest BCUT2D eigenvalue weighted by Crippen LogP contribution is -2.68. The normalized spacial score (nSPS) is 34.7. The first-order valence-corrected chi connectivity index (χ1v) is 7.32. The van der Waals surface area contributed by atoms with Crippen LogP contribution in [-0.4, -0.2) is 46.7 Å². The lowest BCUT2D eigenvalue weighted by Gasteiger charge is -2.49. The fourth-order valence-electron chi connectivity index (χ4n) is 3.64. The molecule has 0 aromatic heterocycles. The quantitative estimate of drug-likeness (QED) is 0.807. The molecule has 0 aliphatic carbocycles. The Labute approximate surface area is 110 Å². The molecule has 0 amide bonds. The molecule has 2 fully saturated rings. The standard InChI is InChI=1S/C14H26N2O2/c1-11(2)16-10-6-3-7-12(16)14(13(17)18)8-4-5-9-15-14/h11-12,15H,3-10H2,1-2H3,(H,17,18). The molecule has 0 spiro atoms. The predicted molar refractivity (Wildman–Crippen MR) is 71.7 cm³/mol. The first-order valence-electron chi connectivity index (χ1n) is 7.32. The lowest BCUT2D eigenvalue weighted by atomic mass is 9.77. The number of nitrogens with zero attached hydrogens (tertiary/aromatic N) is 1. The maximum absolute atomic E-state index is 11.9. The molecule has 2 unspecified atom stereocenters. The zero-order valence-corrected chi connectivity index (χ0v) is 11.6.